The van der Waals surface area contributed by atoms with Gasteiger partial charge in [-0.3, -0.25) is 9.59 Å². The molecule has 0 amide bonds. The fourth-order valence-corrected chi connectivity index (χ4v) is 2.39. The van der Waals surface area contributed by atoms with Gasteiger partial charge in [0.05, 0.1) is 12.5 Å². The molecular weight excluding hydrogens is 236 g/mol. The Balaban J connectivity index is 2.61. The summed E-state index contributed by atoms with van der Waals surface area (Å²) in [6.07, 6.45) is 2.37. The Kier molecular flexibility index (Phi) is 2.98. The van der Waals surface area contributed by atoms with E-state index < -0.39 is 11.4 Å². The van der Waals surface area contributed by atoms with Crippen LogP contribution in [0, 0.1) is 0 Å². The smallest absolute Gasteiger partial charge is 0.314 e. The zero-order valence-electron chi connectivity index (χ0n) is 9.97. The van der Waals surface area contributed by atoms with Gasteiger partial charge in [-0.1, -0.05) is 6.42 Å². The van der Waals surface area contributed by atoms with Gasteiger partial charge in [-0.2, -0.15) is 0 Å². The van der Waals surface area contributed by atoms with Crippen molar-refractivity contribution < 1.29 is 24.5 Å². The molecule has 18 heavy (non-hydrogen) atoms. The molecule has 0 atom stereocenters. The van der Waals surface area contributed by atoms with Crippen molar-refractivity contribution in [3.63, 3.8) is 0 Å². The standard InChI is InChI=1S/C13H14O5/c1-18-11-6-9(8(7-14)5-10(11)15)13(12(16)17)3-2-4-13/h5-7,15H,2-4H2,1H3,(H,16,17). The molecule has 0 aromatic heterocycles. The summed E-state index contributed by atoms with van der Waals surface area (Å²) in [5, 5.41) is 19.0. The van der Waals surface area contributed by atoms with Gasteiger partial charge in [0.15, 0.2) is 17.8 Å². The summed E-state index contributed by atoms with van der Waals surface area (Å²) in [7, 11) is 1.38. The van der Waals surface area contributed by atoms with Crippen LogP contribution in [0.4, 0.5) is 0 Å². The lowest BCUT2D eigenvalue weighted by Gasteiger charge is -2.39. The fraction of sp³-hybridized carbons (Fsp3) is 0.385. The maximum Gasteiger partial charge on any atom is 0.314 e. The van der Waals surface area contributed by atoms with E-state index >= 15 is 0 Å². The van der Waals surface area contributed by atoms with Crippen LogP contribution >= 0.6 is 0 Å². The Labute approximate surface area is 104 Å². The van der Waals surface area contributed by atoms with Crippen molar-refractivity contribution in [3.05, 3.63) is 23.3 Å². The average molecular weight is 250 g/mol. The second kappa shape index (κ2) is 4.33. The van der Waals surface area contributed by atoms with E-state index in [-0.39, 0.29) is 17.1 Å². The molecule has 5 heteroatoms. The van der Waals surface area contributed by atoms with Crippen molar-refractivity contribution in [3.8, 4) is 11.5 Å². The van der Waals surface area contributed by atoms with Crippen LogP contribution in [0.1, 0.15) is 35.2 Å². The molecule has 0 saturated heterocycles. The van der Waals surface area contributed by atoms with Crippen LogP contribution in [-0.2, 0) is 10.2 Å². The molecule has 2 N–H and O–H groups in total. The number of carboxylic acid groups (broad SMARTS) is 1. The summed E-state index contributed by atoms with van der Waals surface area (Å²) in [5.41, 5.74) is -0.390. The van der Waals surface area contributed by atoms with Crippen molar-refractivity contribution in [1.29, 1.82) is 0 Å². The number of carbonyl (C=O) groups is 2. The summed E-state index contributed by atoms with van der Waals surface area (Å²) in [5.74, 6) is -0.920. The summed E-state index contributed by atoms with van der Waals surface area (Å²) < 4.78 is 4.97. The molecule has 1 aromatic carbocycles. The number of phenols is 1. The number of methoxy groups -OCH3 is 1. The van der Waals surface area contributed by atoms with E-state index in [0.717, 1.165) is 6.42 Å². The second-order valence-corrected chi connectivity index (χ2v) is 4.47. The van der Waals surface area contributed by atoms with Gasteiger partial charge < -0.3 is 14.9 Å². The highest BCUT2D eigenvalue weighted by Crippen LogP contribution is 2.47. The van der Waals surface area contributed by atoms with Crippen molar-refractivity contribution in [2.24, 2.45) is 0 Å². The van der Waals surface area contributed by atoms with Crippen LogP contribution in [0.2, 0.25) is 0 Å². The number of carbonyl (C=O) groups excluding carboxylic acids is 1. The number of benzene rings is 1. The minimum absolute atomic E-state index is 0.164. The lowest BCUT2D eigenvalue weighted by atomic mass is 9.63. The van der Waals surface area contributed by atoms with Crippen molar-refractivity contribution in [1.82, 2.24) is 0 Å². The average Bonchev–Trinajstić information content (AvgIpc) is 2.28. The number of aldehydes is 1. The Hall–Kier alpha value is -2.04. The predicted octanol–water partition coefficient (Wildman–Crippen LogP) is 1.72. The number of aromatic hydroxyl groups is 1. The molecule has 0 aliphatic heterocycles. The van der Waals surface area contributed by atoms with Gasteiger partial charge >= 0.3 is 5.97 Å². The van der Waals surface area contributed by atoms with E-state index in [1.54, 1.807) is 0 Å². The van der Waals surface area contributed by atoms with Crippen LogP contribution in [0.25, 0.3) is 0 Å². The summed E-state index contributed by atoms with van der Waals surface area (Å²) in [4.78, 5) is 22.5. The highest BCUT2D eigenvalue weighted by Gasteiger charge is 2.47. The fourth-order valence-electron chi connectivity index (χ4n) is 2.39. The zero-order chi connectivity index (χ0) is 13.3. The number of ether oxygens (including phenoxy) is 1. The highest BCUT2D eigenvalue weighted by atomic mass is 16.5. The highest BCUT2D eigenvalue weighted by molar-refractivity contribution is 5.89. The second-order valence-electron chi connectivity index (χ2n) is 4.47. The SMILES string of the molecule is COc1cc(C2(C(=O)O)CCC2)c(C=O)cc1O. The van der Waals surface area contributed by atoms with Gasteiger partial charge in [0.1, 0.15) is 0 Å². The van der Waals surface area contributed by atoms with Gasteiger partial charge in [-0.25, -0.2) is 0 Å². The third-order valence-corrected chi connectivity index (χ3v) is 3.61. The zero-order valence-corrected chi connectivity index (χ0v) is 9.97. The normalized spacial score (nSPS) is 16.7. The van der Waals surface area contributed by atoms with Crippen LogP contribution in [0.3, 0.4) is 0 Å². The van der Waals surface area contributed by atoms with Gasteiger partial charge in [0, 0.05) is 5.56 Å². The summed E-state index contributed by atoms with van der Waals surface area (Å²) in [6, 6.07) is 2.70. The molecule has 1 fully saturated rings. The van der Waals surface area contributed by atoms with Gasteiger partial charge in [0.2, 0.25) is 0 Å². The molecule has 0 bridgehead atoms. The Morgan fingerprint density at radius 2 is 2.11 bits per heavy atom. The first kappa shape index (κ1) is 12.4. The van der Waals surface area contributed by atoms with Crippen LogP contribution < -0.4 is 4.74 Å². The molecule has 1 aliphatic carbocycles. The number of aliphatic carboxylic acids is 1. The maximum absolute atomic E-state index is 11.4. The number of rotatable bonds is 4. The molecule has 0 heterocycles. The monoisotopic (exact) mass is 250 g/mol. The lowest BCUT2D eigenvalue weighted by molar-refractivity contribution is -0.147. The number of hydrogen-bond donors (Lipinski definition) is 2. The maximum atomic E-state index is 11.4. The summed E-state index contributed by atoms with van der Waals surface area (Å²) in [6.45, 7) is 0. The van der Waals surface area contributed by atoms with Crippen LogP contribution in [-0.4, -0.2) is 29.6 Å². The first-order valence-corrected chi connectivity index (χ1v) is 5.65. The molecule has 0 radical (unpaired) electrons. The third-order valence-electron chi connectivity index (χ3n) is 3.61. The molecule has 1 aromatic rings. The van der Waals surface area contributed by atoms with Crippen molar-refractivity contribution in [2.75, 3.05) is 7.11 Å². The predicted molar refractivity (Wildman–Crippen MR) is 63.2 cm³/mol. The van der Waals surface area contributed by atoms with E-state index in [1.807, 2.05) is 0 Å². The third kappa shape index (κ3) is 1.63. The first-order chi connectivity index (χ1) is 8.55. The quantitative estimate of drug-likeness (QED) is 0.795. The van der Waals surface area contributed by atoms with E-state index in [1.165, 1.54) is 19.2 Å². The largest absolute Gasteiger partial charge is 0.504 e. The minimum atomic E-state index is -1.02. The minimum Gasteiger partial charge on any atom is -0.504 e. The molecule has 1 aliphatic rings. The van der Waals surface area contributed by atoms with Crippen molar-refractivity contribution >= 4 is 12.3 Å². The number of hydrogen-bond acceptors (Lipinski definition) is 4. The van der Waals surface area contributed by atoms with Crippen molar-refractivity contribution in [2.45, 2.75) is 24.7 Å². The lowest BCUT2D eigenvalue weighted by Crippen LogP contribution is -2.43. The summed E-state index contributed by atoms with van der Waals surface area (Å²) >= 11 is 0. The molecule has 0 spiro atoms. The van der Waals surface area contributed by atoms with E-state index in [0.29, 0.717) is 24.7 Å². The van der Waals surface area contributed by atoms with Crippen LogP contribution in [0.15, 0.2) is 12.1 Å². The van der Waals surface area contributed by atoms with E-state index in [4.69, 9.17) is 4.74 Å². The van der Waals surface area contributed by atoms with Crippen LogP contribution in [0.5, 0.6) is 11.5 Å². The van der Waals surface area contributed by atoms with Gasteiger partial charge in [-0.15, -0.1) is 0 Å². The van der Waals surface area contributed by atoms with E-state index in [2.05, 4.69) is 0 Å². The number of phenolic OH excluding ortho intramolecular Hbond substituents is 1. The molecule has 5 nitrogen and oxygen atoms in total. The molecular formula is C13H14O5. The van der Waals surface area contributed by atoms with E-state index in [9.17, 15) is 19.8 Å². The molecule has 0 unspecified atom stereocenters. The first-order valence-electron chi connectivity index (χ1n) is 5.65. The Bertz CT molecular complexity index is 502. The molecule has 2 rings (SSSR count). The Morgan fingerprint density at radius 1 is 1.44 bits per heavy atom. The van der Waals surface area contributed by atoms with Gasteiger partial charge in [0.25, 0.3) is 0 Å². The number of carboxylic acids is 1. The topological polar surface area (TPSA) is 83.8 Å². The Morgan fingerprint density at radius 3 is 2.50 bits per heavy atom. The molecule has 1 saturated carbocycles. The molecule has 96 valence electrons. The van der Waals surface area contributed by atoms with Gasteiger partial charge in [-0.05, 0) is 30.5 Å².